The molecule has 2 rings (SSSR count). The highest BCUT2D eigenvalue weighted by molar-refractivity contribution is 7.99. The van der Waals surface area contributed by atoms with E-state index in [9.17, 15) is 0 Å². The minimum absolute atomic E-state index is 0.662. The Hall–Kier alpha value is -0.480. The fourth-order valence-electron chi connectivity index (χ4n) is 1.45. The maximum absolute atomic E-state index is 4.18. The number of imidazole rings is 1. The van der Waals surface area contributed by atoms with Crippen molar-refractivity contribution in [2.75, 3.05) is 12.8 Å². The Morgan fingerprint density at radius 2 is 2.62 bits per heavy atom. The molecule has 3 nitrogen and oxygen atoms in total. The van der Waals surface area contributed by atoms with Gasteiger partial charge >= 0.3 is 0 Å². The molecule has 4 heteroatoms. The van der Waals surface area contributed by atoms with E-state index in [-0.39, 0.29) is 0 Å². The molecule has 2 N–H and O–H groups in total. The van der Waals surface area contributed by atoms with E-state index in [1.807, 2.05) is 13.2 Å². The van der Waals surface area contributed by atoms with Crippen molar-refractivity contribution in [1.82, 2.24) is 15.3 Å². The third-order valence-electron chi connectivity index (χ3n) is 2.43. The number of hydrogen-bond donors (Lipinski definition) is 2. The first kappa shape index (κ1) is 9.09. The maximum Gasteiger partial charge on any atom is 0.165 e. The zero-order chi connectivity index (χ0) is 9.10. The van der Waals surface area contributed by atoms with Crippen molar-refractivity contribution in [3.63, 3.8) is 0 Å². The molecular formula is C9H15N3S. The normalized spacial score (nSPS) is 18.8. The van der Waals surface area contributed by atoms with Crippen molar-refractivity contribution in [2.45, 2.75) is 24.0 Å². The second-order valence-corrected chi connectivity index (χ2v) is 4.45. The Morgan fingerprint density at radius 3 is 3.15 bits per heavy atom. The zero-order valence-electron chi connectivity index (χ0n) is 7.79. The SMILES string of the molecule is CNC(CSc1ncc[nH]1)C1CC1. The standard InChI is InChI=1S/C9H15N3S/c1-10-8(7-2-3-7)6-13-9-11-4-5-12-9/h4-5,7-8,10H,2-3,6H2,1H3,(H,11,12). The molecule has 1 aromatic heterocycles. The Kier molecular flexibility index (Phi) is 2.90. The van der Waals surface area contributed by atoms with Crippen LogP contribution in [0.4, 0.5) is 0 Å². The zero-order valence-corrected chi connectivity index (χ0v) is 8.60. The van der Waals surface area contributed by atoms with Gasteiger partial charge in [0.2, 0.25) is 0 Å². The summed E-state index contributed by atoms with van der Waals surface area (Å²) in [5.41, 5.74) is 0. The Bertz CT molecular complexity index is 243. The summed E-state index contributed by atoms with van der Waals surface area (Å²) in [4.78, 5) is 7.28. The average molecular weight is 197 g/mol. The summed E-state index contributed by atoms with van der Waals surface area (Å²) in [5.74, 6) is 2.03. The van der Waals surface area contributed by atoms with E-state index >= 15 is 0 Å². The van der Waals surface area contributed by atoms with E-state index < -0.39 is 0 Å². The predicted molar refractivity (Wildman–Crippen MR) is 54.9 cm³/mol. The fourth-order valence-corrected chi connectivity index (χ4v) is 2.52. The molecule has 0 radical (unpaired) electrons. The lowest BCUT2D eigenvalue weighted by Crippen LogP contribution is -2.29. The Labute approximate surface area is 82.7 Å². The second kappa shape index (κ2) is 4.15. The van der Waals surface area contributed by atoms with Gasteiger partial charge in [0.05, 0.1) is 0 Å². The number of H-pyrrole nitrogens is 1. The van der Waals surface area contributed by atoms with Crippen LogP contribution in [0, 0.1) is 5.92 Å². The first-order valence-electron chi connectivity index (χ1n) is 4.69. The van der Waals surface area contributed by atoms with Crippen LogP contribution in [-0.4, -0.2) is 28.8 Å². The lowest BCUT2D eigenvalue weighted by molar-refractivity contribution is 0.553. The van der Waals surface area contributed by atoms with Gasteiger partial charge in [-0.15, -0.1) is 0 Å². The number of nitrogens with zero attached hydrogens (tertiary/aromatic N) is 1. The van der Waals surface area contributed by atoms with Crippen molar-refractivity contribution in [1.29, 1.82) is 0 Å². The second-order valence-electron chi connectivity index (χ2n) is 3.44. The number of aromatic amines is 1. The highest BCUT2D eigenvalue weighted by atomic mass is 32.2. The molecular weight excluding hydrogens is 182 g/mol. The molecule has 1 aromatic rings. The minimum atomic E-state index is 0.662. The topological polar surface area (TPSA) is 40.7 Å². The van der Waals surface area contributed by atoms with E-state index in [0.717, 1.165) is 16.8 Å². The minimum Gasteiger partial charge on any atom is -0.340 e. The van der Waals surface area contributed by atoms with Crippen molar-refractivity contribution in [3.8, 4) is 0 Å². The largest absolute Gasteiger partial charge is 0.340 e. The quantitative estimate of drug-likeness (QED) is 0.703. The molecule has 0 saturated heterocycles. The number of nitrogens with one attached hydrogen (secondary N) is 2. The summed E-state index contributed by atoms with van der Waals surface area (Å²) < 4.78 is 0. The van der Waals surface area contributed by atoms with Gasteiger partial charge in [0, 0.05) is 24.2 Å². The summed E-state index contributed by atoms with van der Waals surface area (Å²) in [5, 5.41) is 4.39. The smallest absolute Gasteiger partial charge is 0.165 e. The first-order valence-corrected chi connectivity index (χ1v) is 5.68. The van der Waals surface area contributed by atoms with Gasteiger partial charge in [-0.25, -0.2) is 4.98 Å². The molecule has 1 saturated carbocycles. The molecule has 0 amide bonds. The van der Waals surface area contributed by atoms with Crippen molar-refractivity contribution < 1.29 is 0 Å². The van der Waals surface area contributed by atoms with Gasteiger partial charge in [0.1, 0.15) is 0 Å². The van der Waals surface area contributed by atoms with E-state index in [1.54, 1.807) is 18.0 Å². The molecule has 0 aliphatic heterocycles. The van der Waals surface area contributed by atoms with Gasteiger partial charge in [0.15, 0.2) is 5.16 Å². The average Bonchev–Trinajstić information content (AvgIpc) is 2.84. The van der Waals surface area contributed by atoms with E-state index in [2.05, 4.69) is 15.3 Å². The molecule has 1 fully saturated rings. The maximum atomic E-state index is 4.18. The van der Waals surface area contributed by atoms with Crippen LogP contribution in [0.3, 0.4) is 0 Å². The summed E-state index contributed by atoms with van der Waals surface area (Å²) in [7, 11) is 2.05. The number of thioether (sulfide) groups is 1. The van der Waals surface area contributed by atoms with Crippen molar-refractivity contribution in [2.24, 2.45) is 5.92 Å². The molecule has 0 spiro atoms. The van der Waals surface area contributed by atoms with Crippen LogP contribution >= 0.6 is 11.8 Å². The molecule has 0 aromatic carbocycles. The highest BCUT2D eigenvalue weighted by Gasteiger charge is 2.29. The van der Waals surface area contributed by atoms with Crippen molar-refractivity contribution in [3.05, 3.63) is 12.4 Å². The first-order chi connectivity index (χ1) is 6.40. The van der Waals surface area contributed by atoms with Crippen molar-refractivity contribution >= 4 is 11.8 Å². The van der Waals surface area contributed by atoms with Crippen LogP contribution in [-0.2, 0) is 0 Å². The number of aromatic nitrogens is 2. The summed E-state index contributed by atoms with van der Waals surface area (Å²) in [6.07, 6.45) is 6.45. The fraction of sp³-hybridized carbons (Fsp3) is 0.667. The van der Waals surface area contributed by atoms with Crippen LogP contribution < -0.4 is 5.32 Å². The van der Waals surface area contributed by atoms with Crippen LogP contribution in [0.5, 0.6) is 0 Å². The summed E-state index contributed by atoms with van der Waals surface area (Å²) >= 11 is 1.80. The molecule has 72 valence electrons. The van der Waals surface area contributed by atoms with Crippen LogP contribution in [0.1, 0.15) is 12.8 Å². The molecule has 0 bridgehead atoms. The van der Waals surface area contributed by atoms with Gasteiger partial charge in [-0.3, -0.25) is 0 Å². The summed E-state index contributed by atoms with van der Waals surface area (Å²) in [6, 6.07) is 0.662. The molecule has 1 atom stereocenters. The summed E-state index contributed by atoms with van der Waals surface area (Å²) in [6.45, 7) is 0. The molecule has 1 heterocycles. The molecule has 1 unspecified atom stereocenters. The van der Waals surface area contributed by atoms with Gasteiger partial charge in [-0.05, 0) is 25.8 Å². The number of rotatable bonds is 5. The van der Waals surface area contributed by atoms with Crippen LogP contribution in [0.2, 0.25) is 0 Å². The highest BCUT2D eigenvalue weighted by Crippen LogP contribution is 2.34. The Morgan fingerprint density at radius 1 is 1.77 bits per heavy atom. The third kappa shape index (κ3) is 2.48. The van der Waals surface area contributed by atoms with E-state index in [1.165, 1.54) is 12.8 Å². The van der Waals surface area contributed by atoms with Gasteiger partial charge in [0.25, 0.3) is 0 Å². The third-order valence-corrected chi connectivity index (χ3v) is 3.46. The molecule has 1 aliphatic carbocycles. The number of hydrogen-bond acceptors (Lipinski definition) is 3. The van der Waals surface area contributed by atoms with Crippen LogP contribution in [0.25, 0.3) is 0 Å². The lowest BCUT2D eigenvalue weighted by atomic mass is 10.2. The predicted octanol–water partition coefficient (Wildman–Crippen LogP) is 1.50. The van der Waals surface area contributed by atoms with E-state index in [4.69, 9.17) is 0 Å². The Balaban J connectivity index is 1.77. The van der Waals surface area contributed by atoms with Gasteiger partial charge < -0.3 is 10.3 Å². The van der Waals surface area contributed by atoms with Gasteiger partial charge in [-0.1, -0.05) is 11.8 Å². The molecule has 1 aliphatic rings. The molecule has 13 heavy (non-hydrogen) atoms. The monoisotopic (exact) mass is 197 g/mol. The van der Waals surface area contributed by atoms with Gasteiger partial charge in [-0.2, -0.15) is 0 Å². The lowest BCUT2D eigenvalue weighted by Gasteiger charge is -2.13. The van der Waals surface area contributed by atoms with Crippen LogP contribution in [0.15, 0.2) is 17.6 Å². The van der Waals surface area contributed by atoms with E-state index in [0.29, 0.717) is 6.04 Å².